The highest BCUT2D eigenvalue weighted by Gasteiger charge is 2.53. The second-order valence-corrected chi connectivity index (χ2v) is 8.99. The van der Waals surface area contributed by atoms with Crippen molar-refractivity contribution in [2.75, 3.05) is 5.32 Å². The van der Waals surface area contributed by atoms with E-state index < -0.39 is 23.1 Å². The summed E-state index contributed by atoms with van der Waals surface area (Å²) in [4.78, 5) is 16.9. The van der Waals surface area contributed by atoms with E-state index in [2.05, 4.69) is 22.4 Å². The van der Waals surface area contributed by atoms with Crippen LogP contribution in [0.4, 0.5) is 14.5 Å². The van der Waals surface area contributed by atoms with Gasteiger partial charge in [0, 0.05) is 28.7 Å². The molecule has 3 aromatic rings. The van der Waals surface area contributed by atoms with E-state index in [0.29, 0.717) is 5.69 Å². The fourth-order valence-electron chi connectivity index (χ4n) is 4.26. The van der Waals surface area contributed by atoms with Crippen molar-refractivity contribution in [3.05, 3.63) is 82.9 Å². The minimum Gasteiger partial charge on any atom is -0.322 e. The molecule has 1 heterocycles. The van der Waals surface area contributed by atoms with Gasteiger partial charge in [0.1, 0.15) is 22.2 Å². The number of carbonyl (C=O) groups excluding carboxylic acids is 1. The fourth-order valence-corrected chi connectivity index (χ4v) is 4.89. The van der Waals surface area contributed by atoms with Gasteiger partial charge in [-0.1, -0.05) is 31.2 Å². The van der Waals surface area contributed by atoms with Crippen LogP contribution in [0.2, 0.25) is 0 Å². The molecule has 0 aliphatic heterocycles. The molecular formula is C25H20F2N2OS. The SMILES string of the molecule is Cc1ccc(-c2nccs2)cc1-c1ccc(NC(=O)C2=C(F)C3C(C)C3C=C2F)cc1. The predicted octanol–water partition coefficient (Wildman–Crippen LogP) is 6.70. The number of thiazole rings is 1. The zero-order chi connectivity index (χ0) is 21.7. The van der Waals surface area contributed by atoms with Gasteiger partial charge in [-0.15, -0.1) is 11.3 Å². The Kier molecular flexibility index (Phi) is 4.82. The molecule has 1 N–H and O–H groups in total. The average molecular weight is 435 g/mol. The first-order chi connectivity index (χ1) is 14.9. The van der Waals surface area contributed by atoms with E-state index in [1.165, 1.54) is 6.08 Å². The van der Waals surface area contributed by atoms with E-state index in [9.17, 15) is 13.6 Å². The highest BCUT2D eigenvalue weighted by atomic mass is 32.1. The van der Waals surface area contributed by atoms with Crippen LogP contribution in [-0.4, -0.2) is 10.9 Å². The van der Waals surface area contributed by atoms with E-state index >= 15 is 0 Å². The third-order valence-electron chi connectivity index (χ3n) is 6.15. The molecule has 0 saturated heterocycles. The Balaban J connectivity index is 1.37. The third kappa shape index (κ3) is 3.51. The largest absolute Gasteiger partial charge is 0.322 e. The van der Waals surface area contributed by atoms with E-state index in [4.69, 9.17) is 0 Å². The van der Waals surface area contributed by atoms with Crippen molar-refractivity contribution in [2.45, 2.75) is 13.8 Å². The van der Waals surface area contributed by atoms with Gasteiger partial charge in [0.2, 0.25) is 0 Å². The summed E-state index contributed by atoms with van der Waals surface area (Å²) < 4.78 is 28.8. The lowest BCUT2D eigenvalue weighted by molar-refractivity contribution is -0.112. The number of hydrogen-bond donors (Lipinski definition) is 1. The van der Waals surface area contributed by atoms with Gasteiger partial charge < -0.3 is 5.32 Å². The predicted molar refractivity (Wildman–Crippen MR) is 120 cm³/mol. The number of nitrogens with zero attached hydrogens (tertiary/aromatic N) is 1. The quantitative estimate of drug-likeness (QED) is 0.497. The smallest absolute Gasteiger partial charge is 0.261 e. The van der Waals surface area contributed by atoms with E-state index in [-0.39, 0.29) is 17.8 Å². The second-order valence-electron chi connectivity index (χ2n) is 8.10. The maximum atomic E-state index is 14.6. The Hall–Kier alpha value is -3.12. The zero-order valence-electron chi connectivity index (χ0n) is 17.0. The molecule has 31 heavy (non-hydrogen) atoms. The van der Waals surface area contributed by atoms with E-state index in [1.807, 2.05) is 37.4 Å². The van der Waals surface area contributed by atoms with Crippen LogP contribution in [0.1, 0.15) is 12.5 Å². The van der Waals surface area contributed by atoms with Crippen LogP contribution in [-0.2, 0) is 4.79 Å². The Morgan fingerprint density at radius 3 is 2.55 bits per heavy atom. The number of carbonyl (C=O) groups is 1. The first-order valence-corrected chi connectivity index (χ1v) is 11.0. The molecule has 2 aromatic carbocycles. The molecule has 2 aliphatic rings. The maximum Gasteiger partial charge on any atom is 0.261 e. The maximum absolute atomic E-state index is 14.6. The van der Waals surface area contributed by atoms with Crippen LogP contribution in [0.15, 0.2) is 77.3 Å². The number of hydrogen-bond acceptors (Lipinski definition) is 3. The van der Waals surface area contributed by atoms with Crippen molar-refractivity contribution in [1.29, 1.82) is 0 Å². The summed E-state index contributed by atoms with van der Waals surface area (Å²) in [5, 5.41) is 5.52. The van der Waals surface area contributed by atoms with Crippen molar-refractivity contribution in [3.8, 4) is 21.7 Å². The Morgan fingerprint density at radius 2 is 1.84 bits per heavy atom. The number of rotatable bonds is 4. The summed E-state index contributed by atoms with van der Waals surface area (Å²) >= 11 is 1.58. The van der Waals surface area contributed by atoms with Crippen molar-refractivity contribution in [2.24, 2.45) is 17.8 Å². The lowest BCUT2D eigenvalue weighted by Gasteiger charge is -2.13. The van der Waals surface area contributed by atoms with Gasteiger partial charge >= 0.3 is 0 Å². The Labute approximate surface area is 183 Å². The number of benzene rings is 2. The number of amides is 1. The van der Waals surface area contributed by atoms with Crippen molar-refractivity contribution in [3.63, 3.8) is 0 Å². The standard InChI is InChI=1S/C25H20F2N2OS/c1-13-3-4-16(25-28-9-10-31-25)11-18(13)15-5-7-17(8-6-15)29-24(30)22-20(26)12-19-14(2)21(19)23(22)27/h3-12,14,19,21H,1-2H3,(H,29,30). The van der Waals surface area contributed by atoms with Crippen LogP contribution >= 0.6 is 11.3 Å². The summed E-state index contributed by atoms with van der Waals surface area (Å²) in [5.74, 6) is -2.61. The number of halogens is 2. The number of allylic oxidation sites excluding steroid dienone is 2. The van der Waals surface area contributed by atoms with Gasteiger partial charge in [-0.2, -0.15) is 0 Å². The summed E-state index contributed by atoms with van der Waals surface area (Å²) in [6, 6.07) is 13.5. The fraction of sp³-hybridized carbons (Fsp3) is 0.200. The molecule has 3 unspecified atom stereocenters. The van der Waals surface area contributed by atoms with E-state index in [0.717, 1.165) is 27.3 Å². The summed E-state index contributed by atoms with van der Waals surface area (Å²) in [5.41, 5.74) is 4.23. The van der Waals surface area contributed by atoms with Gasteiger partial charge in [0.15, 0.2) is 0 Å². The molecule has 156 valence electrons. The third-order valence-corrected chi connectivity index (χ3v) is 6.98. The second kappa shape index (κ2) is 7.54. The lowest BCUT2D eigenvalue weighted by Crippen LogP contribution is -2.18. The molecule has 0 spiro atoms. The zero-order valence-corrected chi connectivity index (χ0v) is 17.8. The molecule has 6 heteroatoms. The normalized spacial score (nSPS) is 22.1. The lowest BCUT2D eigenvalue weighted by atomic mass is 9.98. The highest BCUT2D eigenvalue weighted by Crippen LogP contribution is 2.56. The number of nitrogens with one attached hydrogen (secondary N) is 1. The number of anilines is 1. The first kappa shape index (κ1) is 19.8. The van der Waals surface area contributed by atoms with Crippen molar-refractivity contribution >= 4 is 22.9 Å². The molecule has 1 amide bonds. The van der Waals surface area contributed by atoms with Gasteiger partial charge in [0.25, 0.3) is 5.91 Å². The highest BCUT2D eigenvalue weighted by molar-refractivity contribution is 7.13. The molecule has 0 radical (unpaired) electrons. The Bertz CT molecular complexity index is 1230. The average Bonchev–Trinajstić information content (AvgIpc) is 3.15. The number of aryl methyl sites for hydroxylation is 1. The summed E-state index contributed by atoms with van der Waals surface area (Å²) in [6.45, 7) is 3.90. The molecule has 0 bridgehead atoms. The molecule has 3 atom stereocenters. The minimum atomic E-state index is -0.771. The summed E-state index contributed by atoms with van der Waals surface area (Å²) in [7, 11) is 0. The van der Waals surface area contributed by atoms with Crippen LogP contribution < -0.4 is 5.32 Å². The van der Waals surface area contributed by atoms with Crippen molar-refractivity contribution < 1.29 is 13.6 Å². The molecule has 3 nitrogen and oxygen atoms in total. The Morgan fingerprint density at radius 1 is 1.10 bits per heavy atom. The monoisotopic (exact) mass is 434 g/mol. The molecule has 1 fully saturated rings. The van der Waals surface area contributed by atoms with Crippen LogP contribution in [0, 0.1) is 24.7 Å². The number of aromatic nitrogens is 1. The molecule has 2 aliphatic carbocycles. The summed E-state index contributed by atoms with van der Waals surface area (Å²) in [6.07, 6.45) is 3.15. The molecule has 5 rings (SSSR count). The van der Waals surface area contributed by atoms with Crippen LogP contribution in [0.3, 0.4) is 0 Å². The first-order valence-electron chi connectivity index (χ1n) is 10.1. The van der Waals surface area contributed by atoms with Crippen LogP contribution in [0.25, 0.3) is 21.7 Å². The van der Waals surface area contributed by atoms with Crippen LogP contribution in [0.5, 0.6) is 0 Å². The molecule has 1 saturated carbocycles. The topological polar surface area (TPSA) is 42.0 Å². The van der Waals surface area contributed by atoms with Crippen molar-refractivity contribution in [1.82, 2.24) is 4.98 Å². The molecular weight excluding hydrogens is 414 g/mol. The molecule has 1 aromatic heterocycles. The van der Waals surface area contributed by atoms with Gasteiger partial charge in [-0.3, -0.25) is 4.79 Å². The van der Waals surface area contributed by atoms with Gasteiger partial charge in [-0.05, 0) is 59.7 Å². The van der Waals surface area contributed by atoms with Gasteiger partial charge in [0.05, 0.1) is 0 Å². The van der Waals surface area contributed by atoms with Gasteiger partial charge in [-0.25, -0.2) is 13.8 Å². The van der Waals surface area contributed by atoms with E-state index in [1.54, 1.807) is 29.7 Å². The minimum absolute atomic E-state index is 0.0405. The number of fused-ring (bicyclic) bond motifs is 1.